The molecule has 2 N–H and O–H groups in total. The minimum absolute atomic E-state index is 0.546. The first-order chi connectivity index (χ1) is 8.61. The van der Waals surface area contributed by atoms with Gasteiger partial charge in [0.2, 0.25) is 5.88 Å². The van der Waals surface area contributed by atoms with Crippen molar-refractivity contribution < 1.29 is 4.74 Å². The minimum Gasteiger partial charge on any atom is -0.438 e. The molecule has 18 heavy (non-hydrogen) atoms. The van der Waals surface area contributed by atoms with Crippen molar-refractivity contribution in [2.75, 3.05) is 0 Å². The van der Waals surface area contributed by atoms with Gasteiger partial charge in [0, 0.05) is 18.3 Å². The summed E-state index contributed by atoms with van der Waals surface area (Å²) in [5.74, 6) is 1.53. The van der Waals surface area contributed by atoms with Gasteiger partial charge in [0.15, 0.2) is 0 Å². The van der Waals surface area contributed by atoms with Crippen LogP contribution < -0.4 is 10.5 Å². The van der Waals surface area contributed by atoms with E-state index >= 15 is 0 Å². The molecule has 1 heterocycles. The van der Waals surface area contributed by atoms with Gasteiger partial charge >= 0.3 is 0 Å². The van der Waals surface area contributed by atoms with Crippen molar-refractivity contribution in [3.8, 4) is 11.6 Å². The third kappa shape index (κ3) is 2.51. The largest absolute Gasteiger partial charge is 0.438 e. The molecule has 0 saturated heterocycles. The fourth-order valence-electron chi connectivity index (χ4n) is 1.99. The first-order valence-corrected chi connectivity index (χ1v) is 6.01. The summed E-state index contributed by atoms with van der Waals surface area (Å²) >= 11 is 0. The Morgan fingerprint density at radius 3 is 2.33 bits per heavy atom. The lowest BCUT2D eigenvalue weighted by Gasteiger charge is -2.13. The number of nitrogens with zero attached hydrogens (tertiary/aromatic N) is 1. The van der Waals surface area contributed by atoms with Crippen LogP contribution in [0.4, 0.5) is 0 Å². The van der Waals surface area contributed by atoms with E-state index in [0.717, 1.165) is 28.0 Å². The molecule has 1 aromatic heterocycles. The van der Waals surface area contributed by atoms with Crippen molar-refractivity contribution in [3.05, 3.63) is 52.7 Å². The maximum absolute atomic E-state index is 5.92. The zero-order valence-corrected chi connectivity index (χ0v) is 11.0. The standard InChI is InChI=1S/C15H18N2O/c1-10-5-4-6-17-15(10)18-14-11(2)7-13(9-16)8-12(14)3/h4-8H,9,16H2,1-3H3. The molecule has 0 aliphatic rings. The van der Waals surface area contributed by atoms with Gasteiger partial charge < -0.3 is 10.5 Å². The monoisotopic (exact) mass is 242 g/mol. The molecular weight excluding hydrogens is 224 g/mol. The van der Waals surface area contributed by atoms with Crippen LogP contribution >= 0.6 is 0 Å². The highest BCUT2D eigenvalue weighted by molar-refractivity contribution is 5.45. The van der Waals surface area contributed by atoms with Crippen LogP contribution in [0.15, 0.2) is 30.5 Å². The molecule has 0 spiro atoms. The average molecular weight is 242 g/mol. The molecule has 94 valence electrons. The third-order valence-corrected chi connectivity index (χ3v) is 2.92. The van der Waals surface area contributed by atoms with Crippen LogP contribution in [0.2, 0.25) is 0 Å². The smallest absolute Gasteiger partial charge is 0.222 e. The van der Waals surface area contributed by atoms with Gasteiger partial charge in [-0.1, -0.05) is 18.2 Å². The highest BCUT2D eigenvalue weighted by Crippen LogP contribution is 2.30. The van der Waals surface area contributed by atoms with Crippen LogP contribution in [0, 0.1) is 20.8 Å². The summed E-state index contributed by atoms with van der Waals surface area (Å²) in [6.45, 7) is 6.59. The predicted octanol–water partition coefficient (Wildman–Crippen LogP) is 3.26. The second-order valence-corrected chi connectivity index (χ2v) is 4.49. The van der Waals surface area contributed by atoms with E-state index in [1.807, 2.05) is 32.9 Å². The van der Waals surface area contributed by atoms with Crippen molar-refractivity contribution in [1.82, 2.24) is 4.98 Å². The van der Waals surface area contributed by atoms with E-state index < -0.39 is 0 Å². The minimum atomic E-state index is 0.546. The zero-order valence-electron chi connectivity index (χ0n) is 11.0. The molecule has 1 aromatic carbocycles. The predicted molar refractivity (Wildman–Crippen MR) is 72.9 cm³/mol. The highest BCUT2D eigenvalue weighted by atomic mass is 16.5. The molecule has 2 aromatic rings. The topological polar surface area (TPSA) is 48.1 Å². The van der Waals surface area contributed by atoms with Gasteiger partial charge in [0.1, 0.15) is 5.75 Å². The molecule has 0 fully saturated rings. The van der Waals surface area contributed by atoms with E-state index in [4.69, 9.17) is 10.5 Å². The van der Waals surface area contributed by atoms with E-state index in [-0.39, 0.29) is 0 Å². The number of benzene rings is 1. The van der Waals surface area contributed by atoms with Gasteiger partial charge in [0.05, 0.1) is 0 Å². The normalized spacial score (nSPS) is 10.4. The molecule has 0 aliphatic carbocycles. The molecule has 0 unspecified atom stereocenters. The second kappa shape index (κ2) is 5.19. The van der Waals surface area contributed by atoms with Gasteiger partial charge in [-0.15, -0.1) is 0 Å². The summed E-state index contributed by atoms with van der Waals surface area (Å²) in [6.07, 6.45) is 1.74. The van der Waals surface area contributed by atoms with Crippen LogP contribution in [-0.2, 0) is 6.54 Å². The Morgan fingerprint density at radius 1 is 1.11 bits per heavy atom. The lowest BCUT2D eigenvalue weighted by molar-refractivity contribution is 0.452. The Balaban J connectivity index is 2.38. The maximum atomic E-state index is 5.92. The SMILES string of the molecule is Cc1cccnc1Oc1c(C)cc(CN)cc1C. The fourth-order valence-corrected chi connectivity index (χ4v) is 1.99. The molecule has 0 amide bonds. The van der Waals surface area contributed by atoms with E-state index in [1.54, 1.807) is 6.20 Å². The summed E-state index contributed by atoms with van der Waals surface area (Å²) in [5, 5.41) is 0. The van der Waals surface area contributed by atoms with E-state index in [9.17, 15) is 0 Å². The van der Waals surface area contributed by atoms with Crippen LogP contribution in [-0.4, -0.2) is 4.98 Å². The van der Waals surface area contributed by atoms with Gasteiger partial charge in [-0.05, 0) is 43.5 Å². The van der Waals surface area contributed by atoms with Crippen LogP contribution in [0.25, 0.3) is 0 Å². The summed E-state index contributed by atoms with van der Waals surface area (Å²) < 4.78 is 5.92. The van der Waals surface area contributed by atoms with Crippen LogP contribution in [0.5, 0.6) is 11.6 Å². The summed E-state index contributed by atoms with van der Waals surface area (Å²) in [5.41, 5.74) is 9.98. The molecule has 2 rings (SSSR count). The number of aromatic nitrogens is 1. The van der Waals surface area contributed by atoms with Gasteiger partial charge in [0.25, 0.3) is 0 Å². The van der Waals surface area contributed by atoms with E-state index in [1.165, 1.54) is 0 Å². The number of rotatable bonds is 3. The summed E-state index contributed by atoms with van der Waals surface area (Å²) in [7, 11) is 0. The first kappa shape index (κ1) is 12.6. The maximum Gasteiger partial charge on any atom is 0.222 e. The van der Waals surface area contributed by atoms with Crippen molar-refractivity contribution in [2.24, 2.45) is 5.73 Å². The highest BCUT2D eigenvalue weighted by Gasteiger charge is 2.09. The Labute approximate surface area is 108 Å². The molecule has 0 radical (unpaired) electrons. The number of hydrogen-bond donors (Lipinski definition) is 1. The second-order valence-electron chi connectivity index (χ2n) is 4.49. The number of nitrogens with two attached hydrogens (primary N) is 1. The lowest BCUT2D eigenvalue weighted by atomic mass is 10.1. The zero-order chi connectivity index (χ0) is 13.1. The van der Waals surface area contributed by atoms with E-state index in [0.29, 0.717) is 12.4 Å². The number of aryl methyl sites for hydroxylation is 3. The molecule has 3 nitrogen and oxygen atoms in total. The Hall–Kier alpha value is -1.87. The molecule has 0 bridgehead atoms. The summed E-state index contributed by atoms with van der Waals surface area (Å²) in [6, 6.07) is 8.00. The van der Waals surface area contributed by atoms with Gasteiger partial charge in [-0.25, -0.2) is 4.98 Å². The van der Waals surface area contributed by atoms with Crippen LogP contribution in [0.1, 0.15) is 22.3 Å². The summed E-state index contributed by atoms with van der Waals surface area (Å²) in [4.78, 5) is 4.25. The molecule has 0 saturated carbocycles. The first-order valence-electron chi connectivity index (χ1n) is 6.01. The van der Waals surface area contributed by atoms with Gasteiger partial charge in [-0.3, -0.25) is 0 Å². The Kier molecular flexibility index (Phi) is 3.63. The van der Waals surface area contributed by atoms with E-state index in [2.05, 4.69) is 17.1 Å². The molecule has 0 aliphatic heterocycles. The van der Waals surface area contributed by atoms with Crippen molar-refractivity contribution in [2.45, 2.75) is 27.3 Å². The third-order valence-electron chi connectivity index (χ3n) is 2.92. The number of ether oxygens (including phenoxy) is 1. The molecule has 3 heteroatoms. The number of hydrogen-bond acceptors (Lipinski definition) is 3. The van der Waals surface area contributed by atoms with Crippen molar-refractivity contribution in [1.29, 1.82) is 0 Å². The molecular formula is C15H18N2O. The van der Waals surface area contributed by atoms with Crippen molar-refractivity contribution in [3.63, 3.8) is 0 Å². The lowest BCUT2D eigenvalue weighted by Crippen LogP contribution is -2.00. The van der Waals surface area contributed by atoms with Gasteiger partial charge in [-0.2, -0.15) is 0 Å². The Morgan fingerprint density at radius 2 is 1.78 bits per heavy atom. The molecule has 0 atom stereocenters. The fraction of sp³-hybridized carbons (Fsp3) is 0.267. The Bertz CT molecular complexity index is 541. The number of pyridine rings is 1. The van der Waals surface area contributed by atoms with Crippen LogP contribution in [0.3, 0.4) is 0 Å². The van der Waals surface area contributed by atoms with Crippen molar-refractivity contribution >= 4 is 0 Å². The average Bonchev–Trinajstić information content (AvgIpc) is 2.35. The quantitative estimate of drug-likeness (QED) is 0.898.